The third kappa shape index (κ3) is 3.15. The molecular weight excluding hydrogens is 219 g/mol. The fourth-order valence-electron chi connectivity index (χ4n) is 1.20. The largest absolute Gasteiger partial charge is 0.207 e. The van der Waals surface area contributed by atoms with Crippen LogP contribution in [0.4, 0.5) is 4.39 Å². The Balaban J connectivity index is 2.06. The van der Waals surface area contributed by atoms with Crippen LogP contribution >= 0.6 is 11.8 Å². The Morgan fingerprint density at radius 1 is 0.938 bits per heavy atom. The highest BCUT2D eigenvalue weighted by Gasteiger charge is 1.90. The summed E-state index contributed by atoms with van der Waals surface area (Å²) < 4.78 is 12.8. The Bertz CT molecular complexity index is 523. The summed E-state index contributed by atoms with van der Waals surface area (Å²) in [6, 6.07) is 16.2. The summed E-state index contributed by atoms with van der Waals surface area (Å²) in [7, 11) is 0. The third-order valence-corrected chi connectivity index (χ3v) is 2.64. The van der Waals surface area contributed by atoms with Crippen LogP contribution in [0.5, 0.6) is 0 Å². The molecular formula is C14H9FS. The van der Waals surface area contributed by atoms with Crippen LogP contribution < -0.4 is 0 Å². The topological polar surface area (TPSA) is 0 Å². The van der Waals surface area contributed by atoms with E-state index in [-0.39, 0.29) is 5.82 Å². The van der Waals surface area contributed by atoms with Crippen molar-refractivity contribution in [2.24, 2.45) is 0 Å². The second-order valence-electron chi connectivity index (χ2n) is 3.15. The lowest BCUT2D eigenvalue weighted by atomic mass is 10.2. The Morgan fingerprint density at radius 3 is 2.50 bits per heavy atom. The Hall–Kier alpha value is -1.72. The number of hydrogen-bond acceptors (Lipinski definition) is 1. The zero-order valence-corrected chi connectivity index (χ0v) is 9.30. The molecule has 0 fully saturated rings. The Morgan fingerprint density at radius 2 is 1.75 bits per heavy atom. The minimum absolute atomic E-state index is 0.253. The molecule has 0 N–H and O–H groups in total. The van der Waals surface area contributed by atoms with E-state index >= 15 is 0 Å². The molecule has 0 aliphatic carbocycles. The van der Waals surface area contributed by atoms with Gasteiger partial charge in [-0.15, -0.1) is 0 Å². The van der Waals surface area contributed by atoms with Crippen molar-refractivity contribution in [3.8, 4) is 11.2 Å². The van der Waals surface area contributed by atoms with Crippen LogP contribution in [-0.2, 0) is 0 Å². The van der Waals surface area contributed by atoms with Crippen molar-refractivity contribution in [1.82, 2.24) is 0 Å². The monoisotopic (exact) mass is 228 g/mol. The van der Waals surface area contributed by atoms with Crippen molar-refractivity contribution >= 4 is 11.8 Å². The molecule has 0 atom stereocenters. The predicted molar refractivity (Wildman–Crippen MR) is 65.6 cm³/mol. The molecule has 0 heterocycles. The number of thioether (sulfide) groups is 1. The summed E-state index contributed by atoms with van der Waals surface area (Å²) >= 11 is 1.44. The molecule has 0 saturated heterocycles. The number of halogens is 1. The van der Waals surface area contributed by atoms with Crippen LogP contribution in [0.25, 0.3) is 0 Å². The van der Waals surface area contributed by atoms with Gasteiger partial charge in [0, 0.05) is 10.5 Å². The molecule has 0 aliphatic heterocycles. The molecule has 0 saturated carbocycles. The number of rotatable bonds is 1. The first-order chi connectivity index (χ1) is 7.84. The van der Waals surface area contributed by atoms with Gasteiger partial charge in [-0.25, -0.2) is 4.39 Å². The standard InChI is InChI=1S/C14H9FS/c15-13-6-4-5-12(11-13)9-10-16-14-7-2-1-3-8-14/h1-8,11H. The Kier molecular flexibility index (Phi) is 3.63. The van der Waals surface area contributed by atoms with Crippen molar-refractivity contribution in [2.75, 3.05) is 0 Å². The van der Waals surface area contributed by atoms with Crippen LogP contribution in [0.3, 0.4) is 0 Å². The average molecular weight is 228 g/mol. The first-order valence-corrected chi connectivity index (χ1v) is 5.65. The van der Waals surface area contributed by atoms with Crippen molar-refractivity contribution in [2.45, 2.75) is 4.90 Å². The smallest absolute Gasteiger partial charge is 0.124 e. The molecule has 0 aromatic heterocycles. The molecule has 78 valence electrons. The predicted octanol–water partition coefficient (Wildman–Crippen LogP) is 3.93. The highest BCUT2D eigenvalue weighted by atomic mass is 32.2. The summed E-state index contributed by atoms with van der Waals surface area (Å²) in [6.45, 7) is 0. The van der Waals surface area contributed by atoms with E-state index in [1.807, 2.05) is 30.3 Å². The summed E-state index contributed by atoms with van der Waals surface area (Å²) in [4.78, 5) is 1.09. The molecule has 0 bridgehead atoms. The van der Waals surface area contributed by atoms with Gasteiger partial charge in [-0.1, -0.05) is 30.2 Å². The fourth-order valence-corrected chi connectivity index (χ4v) is 1.78. The van der Waals surface area contributed by atoms with E-state index in [1.54, 1.807) is 12.1 Å². The van der Waals surface area contributed by atoms with E-state index < -0.39 is 0 Å². The van der Waals surface area contributed by atoms with E-state index in [9.17, 15) is 4.39 Å². The lowest BCUT2D eigenvalue weighted by Gasteiger charge is -1.91. The molecule has 2 rings (SSSR count). The quantitative estimate of drug-likeness (QED) is 0.526. The number of hydrogen-bond donors (Lipinski definition) is 0. The van der Waals surface area contributed by atoms with Crippen LogP contribution in [-0.4, -0.2) is 0 Å². The van der Waals surface area contributed by atoms with E-state index in [4.69, 9.17) is 0 Å². The van der Waals surface area contributed by atoms with Crippen molar-refractivity contribution < 1.29 is 4.39 Å². The van der Waals surface area contributed by atoms with Crippen LogP contribution in [0.2, 0.25) is 0 Å². The molecule has 0 nitrogen and oxygen atoms in total. The first-order valence-electron chi connectivity index (χ1n) is 4.83. The van der Waals surface area contributed by atoms with Gasteiger partial charge in [0.25, 0.3) is 0 Å². The molecule has 16 heavy (non-hydrogen) atoms. The fraction of sp³-hybridized carbons (Fsp3) is 0. The van der Waals surface area contributed by atoms with Gasteiger partial charge in [0.2, 0.25) is 0 Å². The minimum atomic E-state index is -0.253. The van der Waals surface area contributed by atoms with Gasteiger partial charge in [0.1, 0.15) is 5.82 Å². The normalized spacial score (nSPS) is 9.31. The van der Waals surface area contributed by atoms with Gasteiger partial charge in [-0.2, -0.15) is 0 Å². The summed E-state index contributed by atoms with van der Waals surface area (Å²) in [5, 5.41) is 2.95. The zero-order valence-electron chi connectivity index (χ0n) is 8.48. The van der Waals surface area contributed by atoms with E-state index in [0.717, 1.165) is 4.90 Å². The lowest BCUT2D eigenvalue weighted by Crippen LogP contribution is -1.76. The second kappa shape index (κ2) is 5.39. The first kappa shape index (κ1) is 10.8. The minimum Gasteiger partial charge on any atom is -0.207 e. The molecule has 0 unspecified atom stereocenters. The van der Waals surface area contributed by atoms with Crippen LogP contribution in [0.15, 0.2) is 59.5 Å². The van der Waals surface area contributed by atoms with Gasteiger partial charge in [0.05, 0.1) is 0 Å². The van der Waals surface area contributed by atoms with Gasteiger partial charge >= 0.3 is 0 Å². The zero-order chi connectivity index (χ0) is 11.2. The second-order valence-corrected chi connectivity index (χ2v) is 4.03. The maximum atomic E-state index is 12.8. The van der Waals surface area contributed by atoms with Crippen molar-refractivity contribution in [1.29, 1.82) is 0 Å². The van der Waals surface area contributed by atoms with Crippen LogP contribution in [0, 0.1) is 17.0 Å². The van der Waals surface area contributed by atoms with Gasteiger partial charge in [-0.3, -0.25) is 0 Å². The molecule has 2 heteroatoms. The summed E-state index contributed by atoms with van der Waals surface area (Å²) in [5.74, 6) is 2.65. The molecule has 0 amide bonds. The van der Waals surface area contributed by atoms with E-state index in [0.29, 0.717) is 5.56 Å². The maximum Gasteiger partial charge on any atom is 0.124 e. The molecule has 2 aromatic rings. The van der Waals surface area contributed by atoms with Gasteiger partial charge in [0.15, 0.2) is 0 Å². The molecule has 2 aromatic carbocycles. The summed E-state index contributed by atoms with van der Waals surface area (Å²) in [6.07, 6.45) is 0. The molecule has 0 spiro atoms. The van der Waals surface area contributed by atoms with Gasteiger partial charge < -0.3 is 0 Å². The molecule has 0 radical (unpaired) electrons. The Labute approximate surface area is 98.5 Å². The van der Waals surface area contributed by atoms with E-state index in [2.05, 4.69) is 11.2 Å². The van der Waals surface area contributed by atoms with Crippen molar-refractivity contribution in [3.63, 3.8) is 0 Å². The highest BCUT2D eigenvalue weighted by molar-refractivity contribution is 8.03. The van der Waals surface area contributed by atoms with Crippen molar-refractivity contribution in [3.05, 3.63) is 66.0 Å². The lowest BCUT2D eigenvalue weighted by molar-refractivity contribution is 0.627. The average Bonchev–Trinajstić information content (AvgIpc) is 2.30. The van der Waals surface area contributed by atoms with Crippen LogP contribution in [0.1, 0.15) is 5.56 Å². The maximum absolute atomic E-state index is 12.8. The summed E-state index contributed by atoms with van der Waals surface area (Å²) in [5.41, 5.74) is 0.698. The van der Waals surface area contributed by atoms with E-state index in [1.165, 1.54) is 23.9 Å². The third-order valence-electron chi connectivity index (χ3n) is 1.93. The van der Waals surface area contributed by atoms with Gasteiger partial charge in [-0.05, 0) is 47.3 Å². The highest BCUT2D eigenvalue weighted by Crippen LogP contribution is 2.15. The molecule has 0 aliphatic rings. The number of benzene rings is 2. The SMILES string of the molecule is Fc1cccc(C#CSc2ccccc2)c1.